The molecule has 0 aliphatic carbocycles. The van der Waals surface area contributed by atoms with E-state index in [-0.39, 0.29) is 23.6 Å². The van der Waals surface area contributed by atoms with E-state index in [1.54, 1.807) is 17.7 Å². The number of para-hydroxylation sites is 1. The van der Waals surface area contributed by atoms with Gasteiger partial charge in [-0.25, -0.2) is 0 Å². The first-order valence-electron chi connectivity index (χ1n) is 10.5. The van der Waals surface area contributed by atoms with Gasteiger partial charge in [-0.2, -0.15) is 5.26 Å². The van der Waals surface area contributed by atoms with Gasteiger partial charge in [0.15, 0.2) is 0 Å². The van der Waals surface area contributed by atoms with Crippen molar-refractivity contribution in [2.75, 3.05) is 23.7 Å². The maximum absolute atomic E-state index is 12.0. The Kier molecular flexibility index (Phi) is 6.06. The van der Waals surface area contributed by atoms with Crippen LogP contribution in [0.4, 0.5) is 11.4 Å². The summed E-state index contributed by atoms with van der Waals surface area (Å²) < 4.78 is 1.58. The predicted octanol–water partition coefficient (Wildman–Crippen LogP) is 3.60. The Morgan fingerprint density at radius 1 is 1.16 bits per heavy atom. The van der Waals surface area contributed by atoms with Crippen molar-refractivity contribution in [1.29, 1.82) is 5.26 Å². The number of rotatable bonds is 6. The predicted molar refractivity (Wildman–Crippen MR) is 124 cm³/mol. The summed E-state index contributed by atoms with van der Waals surface area (Å²) in [6, 6.07) is 22.1. The van der Waals surface area contributed by atoms with Gasteiger partial charge in [0.2, 0.25) is 0 Å². The Morgan fingerprint density at radius 2 is 1.97 bits per heavy atom. The van der Waals surface area contributed by atoms with Crippen LogP contribution in [0, 0.1) is 11.3 Å². The molecule has 0 radical (unpaired) electrons. The Morgan fingerprint density at radius 3 is 2.71 bits per heavy atom. The summed E-state index contributed by atoms with van der Waals surface area (Å²) in [4.78, 5) is 12.0. The fraction of sp³-hybridized carbons (Fsp3) is 0.280. The number of aromatic nitrogens is 1. The summed E-state index contributed by atoms with van der Waals surface area (Å²) in [5, 5.41) is 20.3. The minimum Gasteiger partial charge on any atom is -0.381 e. The largest absolute Gasteiger partial charge is 0.381 e. The molecule has 3 aromatic rings. The Balaban J connectivity index is 1.56. The van der Waals surface area contributed by atoms with Gasteiger partial charge in [0, 0.05) is 32.4 Å². The number of hydrogen-bond acceptors (Lipinski definition) is 5. The van der Waals surface area contributed by atoms with Crippen molar-refractivity contribution in [3.63, 3.8) is 0 Å². The lowest BCUT2D eigenvalue weighted by molar-refractivity contribution is 0.454. The smallest absolute Gasteiger partial charge is 0.250 e. The quantitative estimate of drug-likeness (QED) is 0.575. The third kappa shape index (κ3) is 4.47. The molecule has 6 nitrogen and oxygen atoms in total. The molecule has 0 saturated heterocycles. The van der Waals surface area contributed by atoms with E-state index in [0.717, 1.165) is 30.0 Å². The van der Waals surface area contributed by atoms with Gasteiger partial charge < -0.3 is 20.5 Å². The zero-order valence-corrected chi connectivity index (χ0v) is 17.8. The molecule has 2 heterocycles. The molecule has 1 aromatic heterocycles. The van der Waals surface area contributed by atoms with E-state index in [0.29, 0.717) is 5.56 Å². The molecule has 0 bridgehead atoms. The highest BCUT2D eigenvalue weighted by atomic mass is 16.1. The molecule has 0 saturated carbocycles. The molecule has 1 aliphatic rings. The van der Waals surface area contributed by atoms with Gasteiger partial charge in [-0.15, -0.1) is 0 Å². The monoisotopic (exact) mass is 413 g/mol. The highest BCUT2D eigenvalue weighted by Gasteiger charge is 2.28. The van der Waals surface area contributed by atoms with Crippen molar-refractivity contribution in [2.45, 2.75) is 24.9 Å². The minimum absolute atomic E-state index is 0.00254. The summed E-state index contributed by atoms with van der Waals surface area (Å²) in [5.41, 5.74) is 4.64. The fourth-order valence-electron chi connectivity index (χ4n) is 4.05. The summed E-state index contributed by atoms with van der Waals surface area (Å²) >= 11 is 0. The van der Waals surface area contributed by atoms with Crippen molar-refractivity contribution in [3.8, 4) is 6.07 Å². The Hall–Kier alpha value is -3.56. The molecule has 3 atom stereocenters. The fourth-order valence-corrected chi connectivity index (χ4v) is 4.05. The number of fused-ring (bicyclic) bond motifs is 1. The first kappa shape index (κ1) is 20.7. The molecule has 0 spiro atoms. The third-order valence-electron chi connectivity index (χ3n) is 5.93. The zero-order valence-electron chi connectivity index (χ0n) is 17.8. The lowest BCUT2D eigenvalue weighted by Gasteiger charge is -2.36. The van der Waals surface area contributed by atoms with E-state index in [1.165, 1.54) is 5.56 Å². The molecule has 3 N–H and O–H groups in total. The molecule has 6 heteroatoms. The van der Waals surface area contributed by atoms with Gasteiger partial charge in [-0.1, -0.05) is 43.3 Å². The second-order valence-electron chi connectivity index (χ2n) is 8.08. The van der Waals surface area contributed by atoms with Crippen LogP contribution in [0.1, 0.15) is 35.6 Å². The number of nitrogens with one attached hydrogen (secondary N) is 3. The second kappa shape index (κ2) is 9.07. The normalized spacial score (nSPS) is 16.9. The van der Waals surface area contributed by atoms with Crippen LogP contribution in [0.3, 0.4) is 0 Å². The van der Waals surface area contributed by atoms with Gasteiger partial charge in [-0.05, 0) is 35.2 Å². The molecular formula is C25H27N5O. The number of pyridine rings is 1. The van der Waals surface area contributed by atoms with E-state index in [9.17, 15) is 10.1 Å². The van der Waals surface area contributed by atoms with Crippen LogP contribution in [-0.4, -0.2) is 23.7 Å². The second-order valence-corrected chi connectivity index (χ2v) is 8.08. The van der Waals surface area contributed by atoms with Gasteiger partial charge in [0.25, 0.3) is 5.56 Å². The van der Waals surface area contributed by atoms with Crippen LogP contribution in [0.2, 0.25) is 0 Å². The van der Waals surface area contributed by atoms with Crippen molar-refractivity contribution in [2.24, 2.45) is 7.05 Å². The van der Waals surface area contributed by atoms with Crippen molar-refractivity contribution < 1.29 is 0 Å². The lowest BCUT2D eigenvalue weighted by Crippen LogP contribution is -2.45. The molecular weight excluding hydrogens is 386 g/mol. The van der Waals surface area contributed by atoms with Crippen LogP contribution in [-0.2, 0) is 7.05 Å². The average molecular weight is 414 g/mol. The van der Waals surface area contributed by atoms with E-state index >= 15 is 0 Å². The van der Waals surface area contributed by atoms with Crippen molar-refractivity contribution >= 4 is 11.4 Å². The molecule has 1 aliphatic heterocycles. The lowest BCUT2D eigenvalue weighted by atomic mass is 9.94. The first-order chi connectivity index (χ1) is 15.1. The highest BCUT2D eigenvalue weighted by molar-refractivity contribution is 5.77. The standard InChI is InChI=1S/C25H27N5O/c1-17(19-11-12-30(2)23(31)13-19)15-28-24(18-7-4-3-5-8-18)22-16-27-21-10-6-9-20(14-26)25(21)29-22/h3-13,17,22,24,27-29H,15-16H2,1-2H3/t17-,22-,24-/m1/s1. The van der Waals surface area contributed by atoms with Crippen molar-refractivity contribution in [1.82, 2.24) is 9.88 Å². The van der Waals surface area contributed by atoms with E-state index < -0.39 is 0 Å². The van der Waals surface area contributed by atoms with Crippen LogP contribution < -0.4 is 21.5 Å². The van der Waals surface area contributed by atoms with Gasteiger partial charge in [0.1, 0.15) is 6.07 Å². The van der Waals surface area contributed by atoms with Crippen molar-refractivity contribution in [3.05, 3.63) is 93.9 Å². The molecule has 2 aromatic carbocycles. The molecule has 4 rings (SSSR count). The summed E-state index contributed by atoms with van der Waals surface area (Å²) in [7, 11) is 1.76. The number of nitriles is 1. The van der Waals surface area contributed by atoms with Gasteiger partial charge in [0.05, 0.1) is 29.0 Å². The van der Waals surface area contributed by atoms with Gasteiger partial charge in [-0.3, -0.25) is 4.79 Å². The van der Waals surface area contributed by atoms with Crippen LogP contribution in [0.25, 0.3) is 0 Å². The van der Waals surface area contributed by atoms with Crippen LogP contribution in [0.15, 0.2) is 71.7 Å². The van der Waals surface area contributed by atoms with Gasteiger partial charge >= 0.3 is 0 Å². The SMILES string of the molecule is C[C@H](CN[C@H](c1ccccc1)[C@H]1CNc2cccc(C#N)c2N1)c1ccn(C)c(=O)c1. The zero-order chi connectivity index (χ0) is 21.8. The molecule has 0 amide bonds. The molecule has 31 heavy (non-hydrogen) atoms. The number of benzene rings is 2. The maximum atomic E-state index is 12.0. The molecule has 0 fully saturated rings. The third-order valence-corrected chi connectivity index (χ3v) is 5.93. The van der Waals surface area contributed by atoms with Crippen LogP contribution >= 0.6 is 0 Å². The molecule has 0 unspecified atom stereocenters. The van der Waals surface area contributed by atoms with E-state index in [2.05, 4.69) is 41.1 Å². The summed E-state index contributed by atoms with van der Waals surface area (Å²) in [5.74, 6) is 0.179. The first-order valence-corrected chi connectivity index (χ1v) is 10.5. The average Bonchev–Trinajstić information content (AvgIpc) is 2.81. The number of anilines is 2. The highest BCUT2D eigenvalue weighted by Crippen LogP contribution is 2.33. The number of nitrogens with zero attached hydrogens (tertiary/aromatic N) is 2. The number of aryl methyl sites for hydroxylation is 1. The summed E-state index contributed by atoms with van der Waals surface area (Å²) in [6.45, 7) is 3.58. The van der Waals surface area contributed by atoms with E-state index in [1.807, 2.05) is 48.7 Å². The molecule has 158 valence electrons. The number of hydrogen-bond donors (Lipinski definition) is 3. The Bertz CT molecular complexity index is 1150. The minimum atomic E-state index is 0.00254. The summed E-state index contributed by atoms with van der Waals surface area (Å²) in [6.07, 6.45) is 1.82. The topological polar surface area (TPSA) is 81.9 Å². The van der Waals surface area contributed by atoms with E-state index in [4.69, 9.17) is 0 Å². The Labute approximate surface area is 182 Å². The maximum Gasteiger partial charge on any atom is 0.250 e. The van der Waals surface area contributed by atoms with Crippen LogP contribution in [0.5, 0.6) is 0 Å².